The van der Waals surface area contributed by atoms with Crippen LogP contribution < -0.4 is 5.32 Å². The molecule has 0 aliphatic rings. The van der Waals surface area contributed by atoms with Crippen molar-refractivity contribution in [3.63, 3.8) is 0 Å². The van der Waals surface area contributed by atoms with Gasteiger partial charge in [0.05, 0.1) is 6.10 Å². The van der Waals surface area contributed by atoms with Gasteiger partial charge in [-0.2, -0.15) is 0 Å². The maximum Gasteiger partial charge on any atom is 0.123 e. The van der Waals surface area contributed by atoms with E-state index in [2.05, 4.69) is 5.32 Å². The summed E-state index contributed by atoms with van der Waals surface area (Å²) >= 11 is 0. The number of benzene rings is 2. The first-order valence-electron chi connectivity index (χ1n) is 6.31. The van der Waals surface area contributed by atoms with Gasteiger partial charge in [-0.25, -0.2) is 4.39 Å². The Balaban J connectivity index is 2.04. The molecule has 1 unspecified atom stereocenters. The molecule has 0 aliphatic carbocycles. The molecular formula is C16H18FNO. The summed E-state index contributed by atoms with van der Waals surface area (Å²) < 4.78 is 13.1. The smallest absolute Gasteiger partial charge is 0.123 e. The minimum absolute atomic E-state index is 0.330. The van der Waals surface area contributed by atoms with Gasteiger partial charge in [0, 0.05) is 12.2 Å². The molecule has 0 bridgehead atoms. The third-order valence-electron chi connectivity index (χ3n) is 3.11. The molecule has 0 amide bonds. The van der Waals surface area contributed by atoms with E-state index in [1.54, 1.807) is 12.1 Å². The lowest BCUT2D eigenvalue weighted by Crippen LogP contribution is -2.13. The summed E-state index contributed by atoms with van der Waals surface area (Å²) in [6.45, 7) is 4.39. The van der Waals surface area contributed by atoms with Gasteiger partial charge in [0.25, 0.3) is 0 Å². The molecule has 0 saturated heterocycles. The average molecular weight is 259 g/mol. The average Bonchev–Trinajstić information content (AvgIpc) is 2.39. The molecule has 2 rings (SSSR count). The summed E-state index contributed by atoms with van der Waals surface area (Å²) in [6.07, 6.45) is -0.726. The lowest BCUT2D eigenvalue weighted by atomic mass is 10.1. The molecule has 19 heavy (non-hydrogen) atoms. The van der Waals surface area contributed by atoms with E-state index in [4.69, 9.17) is 0 Å². The van der Waals surface area contributed by atoms with Gasteiger partial charge in [-0.1, -0.05) is 24.3 Å². The minimum Gasteiger partial charge on any atom is -0.387 e. The maximum absolute atomic E-state index is 13.1. The maximum atomic E-state index is 13.1. The van der Waals surface area contributed by atoms with Crippen LogP contribution in [0.25, 0.3) is 0 Å². The molecule has 0 fully saturated rings. The summed E-state index contributed by atoms with van der Waals surface area (Å²) in [4.78, 5) is 0. The molecule has 0 aliphatic heterocycles. The summed E-state index contributed by atoms with van der Waals surface area (Å²) in [6, 6.07) is 12.2. The van der Waals surface area contributed by atoms with Gasteiger partial charge in [-0.3, -0.25) is 0 Å². The van der Waals surface area contributed by atoms with E-state index in [9.17, 15) is 9.50 Å². The van der Waals surface area contributed by atoms with Gasteiger partial charge in [-0.05, 0) is 48.7 Å². The van der Waals surface area contributed by atoms with Crippen molar-refractivity contribution in [2.24, 2.45) is 0 Å². The number of nitrogens with one attached hydrogen (secondary N) is 1. The third-order valence-corrected chi connectivity index (χ3v) is 3.11. The fourth-order valence-electron chi connectivity index (χ4n) is 1.96. The van der Waals surface area contributed by atoms with E-state index in [0.717, 1.165) is 16.8 Å². The second-order valence-electron chi connectivity index (χ2n) is 4.77. The molecule has 2 aromatic carbocycles. The predicted octanol–water partition coefficient (Wildman–Crippen LogP) is 3.59. The first-order valence-corrected chi connectivity index (χ1v) is 6.31. The summed E-state index contributed by atoms with van der Waals surface area (Å²) in [7, 11) is 0. The Hall–Kier alpha value is -1.87. The lowest BCUT2D eigenvalue weighted by Gasteiger charge is -2.15. The van der Waals surface area contributed by atoms with Crippen LogP contribution in [-0.4, -0.2) is 11.7 Å². The zero-order chi connectivity index (χ0) is 13.8. The van der Waals surface area contributed by atoms with Gasteiger partial charge in [0.15, 0.2) is 0 Å². The Morgan fingerprint density at radius 2 is 1.95 bits per heavy atom. The minimum atomic E-state index is -0.726. The Labute approximate surface area is 112 Å². The monoisotopic (exact) mass is 259 g/mol. The van der Waals surface area contributed by atoms with Gasteiger partial charge in [-0.15, -0.1) is 0 Å². The number of halogens is 1. The SMILES string of the molecule is Cc1ccc(C)c(NCC(O)c2cccc(F)c2)c1. The number of aryl methyl sites for hydroxylation is 2. The van der Waals surface area contributed by atoms with Crippen LogP contribution in [0.1, 0.15) is 22.8 Å². The van der Waals surface area contributed by atoms with Gasteiger partial charge in [0.1, 0.15) is 5.82 Å². The summed E-state index contributed by atoms with van der Waals surface area (Å²) in [5, 5.41) is 13.2. The van der Waals surface area contributed by atoms with Crippen molar-refractivity contribution in [3.05, 3.63) is 65.0 Å². The van der Waals surface area contributed by atoms with Crippen LogP contribution in [0.3, 0.4) is 0 Å². The molecule has 0 heterocycles. The van der Waals surface area contributed by atoms with E-state index < -0.39 is 6.10 Å². The van der Waals surface area contributed by atoms with Crippen molar-refractivity contribution in [3.8, 4) is 0 Å². The first-order chi connectivity index (χ1) is 9.06. The number of anilines is 1. The Morgan fingerprint density at radius 3 is 2.68 bits per heavy atom. The van der Waals surface area contributed by atoms with E-state index in [0.29, 0.717) is 12.1 Å². The highest BCUT2D eigenvalue weighted by Crippen LogP contribution is 2.19. The number of hydrogen-bond acceptors (Lipinski definition) is 2. The largest absolute Gasteiger partial charge is 0.387 e. The van der Waals surface area contributed by atoms with Crippen molar-refractivity contribution in [1.82, 2.24) is 0 Å². The standard InChI is InChI=1S/C16H18FNO/c1-11-6-7-12(2)15(8-11)18-10-16(19)13-4-3-5-14(17)9-13/h3-9,16,18-19H,10H2,1-2H3. The van der Waals surface area contributed by atoms with E-state index >= 15 is 0 Å². The van der Waals surface area contributed by atoms with Crippen LogP contribution in [0.2, 0.25) is 0 Å². The Kier molecular flexibility index (Phi) is 4.17. The predicted molar refractivity (Wildman–Crippen MR) is 75.8 cm³/mol. The molecule has 100 valence electrons. The molecule has 2 aromatic rings. The van der Waals surface area contributed by atoms with Crippen molar-refractivity contribution < 1.29 is 9.50 Å². The number of aliphatic hydroxyl groups is 1. The normalized spacial score (nSPS) is 12.2. The molecular weight excluding hydrogens is 241 g/mol. The van der Waals surface area contributed by atoms with Crippen LogP contribution in [0.4, 0.5) is 10.1 Å². The highest BCUT2D eigenvalue weighted by Gasteiger charge is 2.08. The molecule has 0 spiro atoms. The molecule has 1 atom stereocenters. The van der Waals surface area contributed by atoms with Crippen molar-refractivity contribution in [2.75, 3.05) is 11.9 Å². The van der Waals surface area contributed by atoms with Crippen LogP contribution in [0.5, 0.6) is 0 Å². The van der Waals surface area contributed by atoms with E-state index in [1.807, 2.05) is 32.0 Å². The van der Waals surface area contributed by atoms with Crippen LogP contribution in [-0.2, 0) is 0 Å². The Morgan fingerprint density at radius 1 is 1.16 bits per heavy atom. The van der Waals surface area contributed by atoms with Crippen molar-refractivity contribution >= 4 is 5.69 Å². The quantitative estimate of drug-likeness (QED) is 0.879. The fraction of sp³-hybridized carbons (Fsp3) is 0.250. The van der Waals surface area contributed by atoms with Crippen LogP contribution in [0.15, 0.2) is 42.5 Å². The van der Waals surface area contributed by atoms with Crippen molar-refractivity contribution in [1.29, 1.82) is 0 Å². The lowest BCUT2D eigenvalue weighted by molar-refractivity contribution is 0.191. The summed E-state index contributed by atoms with van der Waals surface area (Å²) in [5.41, 5.74) is 3.86. The number of hydrogen-bond donors (Lipinski definition) is 2. The van der Waals surface area contributed by atoms with Gasteiger partial charge < -0.3 is 10.4 Å². The molecule has 3 heteroatoms. The fourth-order valence-corrected chi connectivity index (χ4v) is 1.96. The molecule has 0 radical (unpaired) electrons. The highest BCUT2D eigenvalue weighted by molar-refractivity contribution is 5.52. The first kappa shape index (κ1) is 13.6. The number of aliphatic hydroxyl groups excluding tert-OH is 1. The van der Waals surface area contributed by atoms with Crippen LogP contribution in [0, 0.1) is 19.7 Å². The zero-order valence-corrected chi connectivity index (χ0v) is 11.2. The van der Waals surface area contributed by atoms with Gasteiger partial charge >= 0.3 is 0 Å². The molecule has 2 nitrogen and oxygen atoms in total. The van der Waals surface area contributed by atoms with E-state index in [-0.39, 0.29) is 5.82 Å². The highest BCUT2D eigenvalue weighted by atomic mass is 19.1. The topological polar surface area (TPSA) is 32.3 Å². The van der Waals surface area contributed by atoms with Crippen LogP contribution >= 0.6 is 0 Å². The Bertz CT molecular complexity index is 568. The second-order valence-corrected chi connectivity index (χ2v) is 4.77. The van der Waals surface area contributed by atoms with E-state index in [1.165, 1.54) is 12.1 Å². The number of rotatable bonds is 4. The second kappa shape index (κ2) is 5.85. The van der Waals surface area contributed by atoms with Gasteiger partial charge in [0.2, 0.25) is 0 Å². The molecule has 0 saturated carbocycles. The third kappa shape index (κ3) is 3.55. The zero-order valence-electron chi connectivity index (χ0n) is 11.2. The molecule has 2 N–H and O–H groups in total. The summed E-state index contributed by atoms with van der Waals surface area (Å²) in [5.74, 6) is -0.330. The van der Waals surface area contributed by atoms with Crippen molar-refractivity contribution in [2.45, 2.75) is 20.0 Å². The molecule has 0 aromatic heterocycles.